The van der Waals surface area contributed by atoms with E-state index in [1.807, 2.05) is 25.1 Å². The number of aryl methyl sites for hydroxylation is 1. The van der Waals surface area contributed by atoms with Crippen molar-refractivity contribution in [2.24, 2.45) is 0 Å². The van der Waals surface area contributed by atoms with Crippen LogP contribution in [0, 0.1) is 0 Å². The van der Waals surface area contributed by atoms with E-state index in [1.54, 1.807) is 30.2 Å². The lowest BCUT2D eigenvalue weighted by Gasteiger charge is -2.03. The van der Waals surface area contributed by atoms with E-state index in [4.69, 9.17) is 16.0 Å². The zero-order valence-electron chi connectivity index (χ0n) is 13.5. The SMILES string of the molecule is CCc1cnc(CSc2cnc(NC(=O)Cc3ccccc3Cl)s2)o1. The molecule has 1 amide bonds. The largest absolute Gasteiger partial charge is 0.445 e. The van der Waals surface area contributed by atoms with Crippen LogP contribution in [0.3, 0.4) is 0 Å². The van der Waals surface area contributed by atoms with Gasteiger partial charge in [0.25, 0.3) is 0 Å². The van der Waals surface area contributed by atoms with Crippen molar-refractivity contribution in [1.82, 2.24) is 9.97 Å². The van der Waals surface area contributed by atoms with Gasteiger partial charge in [0.2, 0.25) is 11.8 Å². The van der Waals surface area contributed by atoms with Gasteiger partial charge in [0.15, 0.2) is 5.13 Å². The quantitative estimate of drug-likeness (QED) is 0.583. The van der Waals surface area contributed by atoms with Crippen LogP contribution in [0.2, 0.25) is 5.02 Å². The fraction of sp³-hybridized carbons (Fsp3) is 0.235. The molecule has 2 aromatic heterocycles. The molecule has 0 aliphatic carbocycles. The minimum atomic E-state index is -0.140. The number of rotatable bonds is 7. The fourth-order valence-corrected chi connectivity index (χ4v) is 4.02. The summed E-state index contributed by atoms with van der Waals surface area (Å²) in [5.41, 5.74) is 0.795. The predicted octanol–water partition coefficient (Wildman–Crippen LogP) is 4.82. The van der Waals surface area contributed by atoms with E-state index < -0.39 is 0 Å². The molecule has 0 saturated heterocycles. The fourth-order valence-electron chi connectivity index (χ4n) is 2.07. The van der Waals surface area contributed by atoms with Crippen molar-refractivity contribution in [3.63, 3.8) is 0 Å². The van der Waals surface area contributed by atoms with Crippen molar-refractivity contribution in [2.45, 2.75) is 29.7 Å². The second-order valence-electron chi connectivity index (χ2n) is 5.16. The number of carbonyl (C=O) groups excluding carboxylic acids is 1. The third kappa shape index (κ3) is 5.07. The highest BCUT2D eigenvalue weighted by Crippen LogP contribution is 2.30. The number of oxazole rings is 1. The molecule has 3 aromatic rings. The average molecular weight is 394 g/mol. The molecule has 3 rings (SSSR count). The maximum Gasteiger partial charge on any atom is 0.230 e. The zero-order chi connectivity index (χ0) is 17.6. The summed E-state index contributed by atoms with van der Waals surface area (Å²) in [6.45, 7) is 2.03. The lowest BCUT2D eigenvalue weighted by molar-refractivity contribution is -0.115. The maximum absolute atomic E-state index is 12.1. The van der Waals surface area contributed by atoms with Gasteiger partial charge < -0.3 is 9.73 Å². The second kappa shape index (κ2) is 8.51. The van der Waals surface area contributed by atoms with E-state index >= 15 is 0 Å². The Labute approximate surface area is 158 Å². The molecule has 0 aliphatic heterocycles. The third-order valence-electron chi connectivity index (χ3n) is 3.33. The van der Waals surface area contributed by atoms with Gasteiger partial charge in [0, 0.05) is 11.4 Å². The van der Waals surface area contributed by atoms with Crippen LogP contribution in [0.1, 0.15) is 24.1 Å². The van der Waals surface area contributed by atoms with Crippen LogP contribution in [-0.4, -0.2) is 15.9 Å². The van der Waals surface area contributed by atoms with Crippen LogP contribution < -0.4 is 5.32 Å². The predicted molar refractivity (Wildman–Crippen MR) is 101 cm³/mol. The first-order chi connectivity index (χ1) is 12.1. The molecule has 0 radical (unpaired) electrons. The highest BCUT2D eigenvalue weighted by Gasteiger charge is 2.11. The smallest absolute Gasteiger partial charge is 0.230 e. The number of carbonyl (C=O) groups is 1. The summed E-state index contributed by atoms with van der Waals surface area (Å²) in [5, 5.41) is 3.97. The summed E-state index contributed by atoms with van der Waals surface area (Å²) in [4.78, 5) is 20.6. The van der Waals surface area contributed by atoms with Crippen LogP contribution in [0.4, 0.5) is 5.13 Å². The van der Waals surface area contributed by atoms with Gasteiger partial charge in [-0.3, -0.25) is 4.79 Å². The first kappa shape index (κ1) is 18.0. The van der Waals surface area contributed by atoms with Crippen LogP contribution >= 0.6 is 34.7 Å². The van der Waals surface area contributed by atoms with E-state index in [1.165, 1.54) is 11.3 Å². The molecule has 0 fully saturated rings. The number of aromatic nitrogens is 2. The molecule has 0 unspecified atom stereocenters. The van der Waals surface area contributed by atoms with E-state index in [0.717, 1.165) is 22.0 Å². The Morgan fingerprint density at radius 1 is 1.32 bits per heavy atom. The highest BCUT2D eigenvalue weighted by molar-refractivity contribution is 8.00. The number of amides is 1. The van der Waals surface area contributed by atoms with Crippen LogP contribution in [0.5, 0.6) is 0 Å². The molecule has 0 atom stereocenters. The standard InChI is InChI=1S/C17H16ClN3O2S2/c1-2-12-8-19-15(23-12)10-24-16-9-20-17(25-16)21-14(22)7-11-5-3-4-6-13(11)18/h3-6,8-9H,2,7,10H2,1H3,(H,20,21,22). The van der Waals surface area contributed by atoms with Crippen molar-refractivity contribution >= 4 is 45.7 Å². The number of thioether (sulfide) groups is 1. The second-order valence-corrected chi connectivity index (χ2v) is 7.88. The molecule has 0 bridgehead atoms. The van der Waals surface area contributed by atoms with Gasteiger partial charge >= 0.3 is 0 Å². The van der Waals surface area contributed by atoms with Gasteiger partial charge in [-0.2, -0.15) is 0 Å². The van der Waals surface area contributed by atoms with Crippen LogP contribution in [0.25, 0.3) is 0 Å². The number of hydrogen-bond donors (Lipinski definition) is 1. The Kier molecular flexibility index (Phi) is 6.12. The molecule has 1 N–H and O–H groups in total. The molecule has 130 valence electrons. The highest BCUT2D eigenvalue weighted by atomic mass is 35.5. The van der Waals surface area contributed by atoms with E-state index in [0.29, 0.717) is 21.8 Å². The van der Waals surface area contributed by atoms with Crippen molar-refractivity contribution in [2.75, 3.05) is 5.32 Å². The summed E-state index contributed by atoms with van der Waals surface area (Å²) in [7, 11) is 0. The Bertz CT molecular complexity index is 863. The number of halogens is 1. The first-order valence-corrected chi connectivity index (χ1v) is 9.87. The lowest BCUT2D eigenvalue weighted by atomic mass is 10.1. The Morgan fingerprint density at radius 3 is 2.92 bits per heavy atom. The molecular weight excluding hydrogens is 378 g/mol. The van der Waals surface area contributed by atoms with Crippen molar-refractivity contribution in [1.29, 1.82) is 0 Å². The molecule has 8 heteroatoms. The van der Waals surface area contributed by atoms with Gasteiger partial charge in [-0.15, -0.1) is 11.8 Å². The van der Waals surface area contributed by atoms with E-state index in [9.17, 15) is 4.79 Å². The minimum Gasteiger partial charge on any atom is -0.445 e. The normalized spacial score (nSPS) is 10.8. The summed E-state index contributed by atoms with van der Waals surface area (Å²) >= 11 is 9.08. The number of benzene rings is 1. The number of hydrogen-bond acceptors (Lipinski definition) is 6. The van der Waals surface area contributed by atoms with Gasteiger partial charge in [-0.25, -0.2) is 9.97 Å². The average Bonchev–Trinajstić information content (AvgIpc) is 3.24. The van der Waals surface area contributed by atoms with Crippen LogP contribution in [-0.2, 0) is 23.4 Å². The van der Waals surface area contributed by atoms with Crippen molar-refractivity contribution in [3.8, 4) is 0 Å². The topological polar surface area (TPSA) is 68.0 Å². The third-order valence-corrected chi connectivity index (χ3v) is 5.79. The molecule has 0 saturated carbocycles. The van der Waals surface area contributed by atoms with Gasteiger partial charge in [-0.1, -0.05) is 48.1 Å². The molecule has 1 aromatic carbocycles. The van der Waals surface area contributed by atoms with Crippen molar-refractivity contribution < 1.29 is 9.21 Å². The number of nitrogens with zero attached hydrogens (tertiary/aromatic N) is 2. The lowest BCUT2D eigenvalue weighted by Crippen LogP contribution is -2.14. The summed E-state index contributed by atoms with van der Waals surface area (Å²) in [6.07, 6.45) is 4.55. The van der Waals surface area contributed by atoms with Crippen molar-refractivity contribution in [3.05, 3.63) is 58.9 Å². The first-order valence-electron chi connectivity index (χ1n) is 7.69. The summed E-state index contributed by atoms with van der Waals surface area (Å²) in [5.74, 6) is 2.07. The number of thiazole rings is 1. The van der Waals surface area contributed by atoms with E-state index in [-0.39, 0.29) is 12.3 Å². The minimum absolute atomic E-state index is 0.140. The Morgan fingerprint density at radius 2 is 2.16 bits per heavy atom. The Hall–Kier alpha value is -1.83. The summed E-state index contributed by atoms with van der Waals surface area (Å²) in [6, 6.07) is 7.31. The number of nitrogens with one attached hydrogen (secondary N) is 1. The maximum atomic E-state index is 12.1. The van der Waals surface area contributed by atoms with Gasteiger partial charge in [-0.05, 0) is 11.6 Å². The summed E-state index contributed by atoms with van der Waals surface area (Å²) < 4.78 is 6.56. The van der Waals surface area contributed by atoms with Gasteiger partial charge in [0.05, 0.1) is 28.8 Å². The van der Waals surface area contributed by atoms with Crippen LogP contribution in [0.15, 0.2) is 45.3 Å². The molecule has 0 aliphatic rings. The van der Waals surface area contributed by atoms with Gasteiger partial charge in [0.1, 0.15) is 5.76 Å². The molecule has 25 heavy (non-hydrogen) atoms. The zero-order valence-corrected chi connectivity index (χ0v) is 15.9. The molecule has 5 nitrogen and oxygen atoms in total. The molecular formula is C17H16ClN3O2S2. The molecule has 0 spiro atoms. The monoisotopic (exact) mass is 393 g/mol. The Balaban J connectivity index is 1.52. The number of anilines is 1. The molecule has 2 heterocycles. The van der Waals surface area contributed by atoms with E-state index in [2.05, 4.69) is 15.3 Å².